The van der Waals surface area contributed by atoms with Gasteiger partial charge in [0.15, 0.2) is 11.8 Å². The van der Waals surface area contributed by atoms with Gasteiger partial charge in [-0.25, -0.2) is 0 Å². The van der Waals surface area contributed by atoms with E-state index in [1.165, 1.54) is 62.5 Å². The van der Waals surface area contributed by atoms with Gasteiger partial charge in [0.25, 0.3) is 11.2 Å². The third-order valence-electron chi connectivity index (χ3n) is 7.77. The van der Waals surface area contributed by atoms with Crippen LogP contribution < -0.4 is 9.30 Å². The maximum Gasteiger partial charge on any atom is 0.283 e. The predicted molar refractivity (Wildman–Crippen MR) is 127 cm³/mol. The number of nitriles is 1. The van der Waals surface area contributed by atoms with E-state index in [1.807, 2.05) is 23.7 Å². The highest BCUT2D eigenvalue weighted by molar-refractivity contribution is 5.81. The van der Waals surface area contributed by atoms with Crippen LogP contribution in [0.2, 0.25) is 0 Å². The van der Waals surface area contributed by atoms with E-state index in [2.05, 4.69) is 48.5 Å². The molecule has 0 N–H and O–H groups in total. The Hall–Kier alpha value is -2.86. The minimum absolute atomic E-state index is 0.0701. The van der Waals surface area contributed by atoms with Crippen LogP contribution in [0.3, 0.4) is 0 Å². The fourth-order valence-corrected chi connectivity index (χ4v) is 6.07. The molecule has 1 saturated carbocycles. The number of para-hydroxylation sites is 1. The Kier molecular flexibility index (Phi) is 6.12. The second kappa shape index (κ2) is 9.33. The first-order chi connectivity index (χ1) is 15.8. The maximum atomic E-state index is 9.57. The minimum Gasteiger partial charge on any atom is -0.478 e. The summed E-state index contributed by atoms with van der Waals surface area (Å²) in [6, 6.07) is 21.4. The van der Waals surface area contributed by atoms with E-state index in [9.17, 15) is 5.26 Å². The third-order valence-corrected chi connectivity index (χ3v) is 7.77. The number of benzene rings is 2. The van der Waals surface area contributed by atoms with Gasteiger partial charge in [-0.15, -0.1) is 0 Å². The molecule has 0 saturated heterocycles. The number of nitrogens with zero attached hydrogens (tertiary/aromatic N) is 2. The Morgan fingerprint density at radius 3 is 2.47 bits per heavy atom. The van der Waals surface area contributed by atoms with Gasteiger partial charge >= 0.3 is 0 Å². The standard InChI is InChI=1S/C29H33N2O/c1-31-24(20-30)18-16-23-13-9-15-27(28(23)31)32-29-25-14-8-7-12-22(25)17-19-26(29)21-10-5-3-2-4-6-11-21/h7-9,12-16,18,21,26,29H,2-6,10-11,17,19H2,1H3/q+1. The first kappa shape index (κ1) is 21.0. The van der Waals surface area contributed by atoms with Crippen LogP contribution in [-0.4, -0.2) is 0 Å². The highest BCUT2D eigenvalue weighted by atomic mass is 16.5. The zero-order valence-electron chi connectivity index (χ0n) is 19.1. The lowest BCUT2D eigenvalue weighted by Gasteiger charge is -2.39. The zero-order chi connectivity index (χ0) is 21.9. The topological polar surface area (TPSA) is 36.9 Å². The molecule has 3 heteroatoms. The highest BCUT2D eigenvalue weighted by Crippen LogP contribution is 2.45. The number of hydrogen-bond acceptors (Lipinski definition) is 2. The van der Waals surface area contributed by atoms with Crippen LogP contribution in [0.25, 0.3) is 10.9 Å². The first-order valence-corrected chi connectivity index (χ1v) is 12.3. The van der Waals surface area contributed by atoms with Crippen LogP contribution in [-0.2, 0) is 13.5 Å². The van der Waals surface area contributed by atoms with Crippen molar-refractivity contribution in [1.29, 1.82) is 5.26 Å². The van der Waals surface area contributed by atoms with Crippen LogP contribution in [0, 0.1) is 23.2 Å². The van der Waals surface area contributed by atoms with Gasteiger partial charge in [-0.1, -0.05) is 75.3 Å². The summed E-state index contributed by atoms with van der Waals surface area (Å²) in [6.07, 6.45) is 11.9. The van der Waals surface area contributed by atoms with Crippen molar-refractivity contribution in [3.05, 3.63) is 71.4 Å². The van der Waals surface area contributed by atoms with E-state index in [-0.39, 0.29) is 6.10 Å². The lowest BCUT2D eigenvalue weighted by molar-refractivity contribution is -0.647. The summed E-state index contributed by atoms with van der Waals surface area (Å²) in [5, 5.41) is 10.7. The molecule has 2 unspecified atom stereocenters. The van der Waals surface area contributed by atoms with Crippen LogP contribution in [0.4, 0.5) is 0 Å². The Morgan fingerprint density at radius 1 is 0.875 bits per heavy atom. The highest BCUT2D eigenvalue weighted by Gasteiger charge is 2.37. The van der Waals surface area contributed by atoms with Crippen molar-refractivity contribution >= 4 is 10.9 Å². The summed E-state index contributed by atoms with van der Waals surface area (Å²) in [4.78, 5) is 0. The molecule has 2 aromatic carbocycles. The number of rotatable bonds is 3. The molecule has 3 nitrogen and oxygen atoms in total. The van der Waals surface area contributed by atoms with Gasteiger partial charge in [0.2, 0.25) is 0 Å². The summed E-state index contributed by atoms with van der Waals surface area (Å²) < 4.78 is 8.96. The molecular weight excluding hydrogens is 392 g/mol. The first-order valence-electron chi connectivity index (χ1n) is 12.3. The average Bonchev–Trinajstić information content (AvgIpc) is 2.80. The molecule has 32 heavy (non-hydrogen) atoms. The third kappa shape index (κ3) is 3.99. The summed E-state index contributed by atoms with van der Waals surface area (Å²) >= 11 is 0. The monoisotopic (exact) mass is 425 g/mol. The number of aryl methyl sites for hydroxylation is 2. The summed E-state index contributed by atoms with van der Waals surface area (Å²) in [5.41, 5.74) is 4.45. The van der Waals surface area contributed by atoms with E-state index in [0.717, 1.165) is 29.0 Å². The van der Waals surface area contributed by atoms with Gasteiger partial charge in [0, 0.05) is 12.0 Å². The zero-order valence-corrected chi connectivity index (χ0v) is 19.1. The number of fused-ring (bicyclic) bond motifs is 2. The van der Waals surface area contributed by atoms with Crippen molar-refractivity contribution in [2.75, 3.05) is 0 Å². The van der Waals surface area contributed by atoms with Gasteiger partial charge in [0.05, 0.1) is 5.39 Å². The molecule has 0 amide bonds. The number of hydrogen-bond donors (Lipinski definition) is 0. The van der Waals surface area contributed by atoms with E-state index < -0.39 is 0 Å². The molecule has 1 heterocycles. The van der Waals surface area contributed by atoms with Gasteiger partial charge < -0.3 is 4.74 Å². The van der Waals surface area contributed by atoms with Gasteiger partial charge in [0.1, 0.15) is 13.2 Å². The van der Waals surface area contributed by atoms with Crippen molar-refractivity contribution in [2.24, 2.45) is 18.9 Å². The molecule has 2 aliphatic rings. The van der Waals surface area contributed by atoms with Crippen molar-refractivity contribution in [2.45, 2.75) is 63.9 Å². The molecule has 0 spiro atoms. The number of ether oxygens (including phenoxy) is 1. The second-order valence-corrected chi connectivity index (χ2v) is 9.63. The Morgan fingerprint density at radius 2 is 1.66 bits per heavy atom. The normalized spacial score (nSPS) is 21.9. The molecule has 2 atom stereocenters. The predicted octanol–water partition coefficient (Wildman–Crippen LogP) is 6.58. The second-order valence-electron chi connectivity index (χ2n) is 9.63. The van der Waals surface area contributed by atoms with Crippen LogP contribution in [0.1, 0.15) is 74.3 Å². The molecule has 1 fully saturated rings. The Bertz CT molecular complexity index is 1140. The average molecular weight is 426 g/mol. The SMILES string of the molecule is C[n+]1c(C#N)ccc2cccc(OC3c4ccccc4CCC3C3CCCCCCC3)c21. The molecule has 3 aromatic rings. The fraction of sp³-hybridized carbons (Fsp3) is 0.448. The van der Waals surface area contributed by atoms with E-state index in [0.29, 0.717) is 11.6 Å². The van der Waals surface area contributed by atoms with Crippen molar-refractivity contribution in [3.63, 3.8) is 0 Å². The molecule has 0 radical (unpaired) electrons. The summed E-state index contributed by atoms with van der Waals surface area (Å²) in [5.74, 6) is 2.16. The van der Waals surface area contributed by atoms with Crippen molar-refractivity contribution in [1.82, 2.24) is 0 Å². The lowest BCUT2D eigenvalue weighted by atomic mass is 9.71. The van der Waals surface area contributed by atoms with Crippen LogP contribution >= 0.6 is 0 Å². The summed E-state index contributed by atoms with van der Waals surface area (Å²) in [6.45, 7) is 0. The van der Waals surface area contributed by atoms with Gasteiger partial charge in [-0.05, 0) is 48.1 Å². The molecule has 1 aromatic heterocycles. The lowest BCUT2D eigenvalue weighted by Crippen LogP contribution is -2.35. The van der Waals surface area contributed by atoms with E-state index in [1.54, 1.807) is 0 Å². The van der Waals surface area contributed by atoms with E-state index in [4.69, 9.17) is 4.74 Å². The van der Waals surface area contributed by atoms with Gasteiger partial charge in [-0.3, -0.25) is 0 Å². The van der Waals surface area contributed by atoms with Crippen molar-refractivity contribution in [3.8, 4) is 11.8 Å². The van der Waals surface area contributed by atoms with E-state index >= 15 is 0 Å². The summed E-state index contributed by atoms with van der Waals surface area (Å²) in [7, 11) is 1.97. The molecule has 0 bridgehead atoms. The van der Waals surface area contributed by atoms with Crippen LogP contribution in [0.5, 0.6) is 5.75 Å². The number of pyridine rings is 1. The van der Waals surface area contributed by atoms with Gasteiger partial charge in [-0.2, -0.15) is 9.83 Å². The molecular formula is C29H33N2O+. The van der Waals surface area contributed by atoms with Crippen molar-refractivity contribution < 1.29 is 9.30 Å². The molecule has 164 valence electrons. The Balaban J connectivity index is 1.57. The smallest absolute Gasteiger partial charge is 0.283 e. The quantitative estimate of drug-likeness (QED) is 0.445. The maximum absolute atomic E-state index is 9.57. The molecule has 2 aliphatic carbocycles. The Labute approximate surface area is 191 Å². The van der Waals surface area contributed by atoms with Crippen LogP contribution in [0.15, 0.2) is 54.6 Å². The minimum atomic E-state index is 0.0701. The number of aromatic nitrogens is 1. The molecule has 5 rings (SSSR count). The molecule has 0 aliphatic heterocycles. The fourth-order valence-electron chi connectivity index (χ4n) is 6.07. The largest absolute Gasteiger partial charge is 0.478 e.